The van der Waals surface area contributed by atoms with Crippen molar-refractivity contribution < 1.29 is 0 Å². The summed E-state index contributed by atoms with van der Waals surface area (Å²) in [5.41, 5.74) is 7.25. The van der Waals surface area contributed by atoms with E-state index in [1.165, 1.54) is 0 Å². The van der Waals surface area contributed by atoms with Gasteiger partial charge in [-0.3, -0.25) is 16.0 Å². The lowest BCUT2D eigenvalue weighted by atomic mass is 10.0. The molecular weight excluding hydrogens is 352 g/mol. The Morgan fingerprint density at radius 2 is 2.19 bits per heavy atom. The summed E-state index contributed by atoms with van der Waals surface area (Å²) in [6, 6.07) is 5.99. The van der Waals surface area contributed by atoms with Gasteiger partial charge >= 0.3 is 0 Å². The molecule has 2 rings (SSSR count). The van der Waals surface area contributed by atoms with Crippen LogP contribution in [0.3, 0.4) is 0 Å². The Kier molecular flexibility index (Phi) is 5.43. The zero-order chi connectivity index (χ0) is 15.6. The average Bonchev–Trinajstić information content (AvgIpc) is 2.74. The van der Waals surface area contributed by atoms with Gasteiger partial charge in [0.05, 0.1) is 21.9 Å². The van der Waals surface area contributed by atoms with E-state index in [-0.39, 0.29) is 6.04 Å². The van der Waals surface area contributed by atoms with Gasteiger partial charge in [-0.2, -0.15) is 5.10 Å². The maximum atomic E-state index is 6.09. The highest BCUT2D eigenvalue weighted by atomic mass is 79.9. The van der Waals surface area contributed by atoms with Crippen LogP contribution in [0.1, 0.15) is 35.5 Å². The van der Waals surface area contributed by atoms with Crippen LogP contribution in [-0.2, 0) is 19.9 Å². The third-order valence-corrected chi connectivity index (χ3v) is 5.03. The van der Waals surface area contributed by atoms with Gasteiger partial charge in [0.1, 0.15) is 0 Å². The second kappa shape index (κ2) is 6.92. The first-order valence-electron chi connectivity index (χ1n) is 6.90. The van der Waals surface area contributed by atoms with E-state index in [9.17, 15) is 0 Å². The number of nitrogens with two attached hydrogens (primary N) is 1. The molecule has 3 N–H and O–H groups in total. The van der Waals surface area contributed by atoms with Crippen molar-refractivity contribution in [2.24, 2.45) is 12.9 Å². The summed E-state index contributed by atoms with van der Waals surface area (Å²) in [6.07, 6.45) is 1.65. The number of aryl methyl sites for hydroxylation is 3. The fourth-order valence-corrected chi connectivity index (χ4v) is 3.29. The molecule has 1 unspecified atom stereocenters. The minimum Gasteiger partial charge on any atom is -0.271 e. The van der Waals surface area contributed by atoms with E-state index < -0.39 is 0 Å². The second-order valence-electron chi connectivity index (χ2n) is 5.12. The second-order valence-corrected chi connectivity index (χ2v) is 6.32. The van der Waals surface area contributed by atoms with Gasteiger partial charge in [0.15, 0.2) is 0 Å². The predicted molar refractivity (Wildman–Crippen MR) is 90.2 cm³/mol. The number of aromatic nitrogens is 2. The van der Waals surface area contributed by atoms with Crippen molar-refractivity contribution in [3.63, 3.8) is 0 Å². The summed E-state index contributed by atoms with van der Waals surface area (Å²) in [6.45, 7) is 4.09. The Bertz CT molecular complexity index is 639. The van der Waals surface area contributed by atoms with Crippen molar-refractivity contribution in [2.75, 3.05) is 0 Å². The molecule has 0 aliphatic heterocycles. The van der Waals surface area contributed by atoms with Gasteiger partial charge in [0.25, 0.3) is 0 Å². The smallest absolute Gasteiger partial charge is 0.0766 e. The topological polar surface area (TPSA) is 55.9 Å². The van der Waals surface area contributed by atoms with Crippen LogP contribution in [0.15, 0.2) is 22.7 Å². The number of nitrogens with one attached hydrogen (secondary N) is 1. The van der Waals surface area contributed by atoms with Gasteiger partial charge in [-0.1, -0.05) is 30.7 Å². The van der Waals surface area contributed by atoms with Gasteiger partial charge in [0, 0.05) is 18.5 Å². The molecule has 0 fully saturated rings. The van der Waals surface area contributed by atoms with Crippen LogP contribution in [0.5, 0.6) is 0 Å². The van der Waals surface area contributed by atoms with Crippen molar-refractivity contribution in [2.45, 2.75) is 32.7 Å². The number of hydrogen-bond acceptors (Lipinski definition) is 3. The third-order valence-electron chi connectivity index (χ3n) is 3.69. The van der Waals surface area contributed by atoms with E-state index in [0.29, 0.717) is 0 Å². The molecule has 6 heteroatoms. The monoisotopic (exact) mass is 370 g/mol. The van der Waals surface area contributed by atoms with E-state index in [2.05, 4.69) is 39.4 Å². The van der Waals surface area contributed by atoms with E-state index in [1.807, 2.05) is 30.8 Å². The molecule has 1 atom stereocenters. The zero-order valence-electron chi connectivity index (χ0n) is 12.5. The fourth-order valence-electron chi connectivity index (χ4n) is 2.39. The van der Waals surface area contributed by atoms with Crippen molar-refractivity contribution in [3.8, 4) is 0 Å². The van der Waals surface area contributed by atoms with Crippen LogP contribution in [0.25, 0.3) is 0 Å². The molecule has 114 valence electrons. The van der Waals surface area contributed by atoms with Crippen molar-refractivity contribution >= 4 is 27.5 Å². The highest BCUT2D eigenvalue weighted by molar-refractivity contribution is 9.10. The Morgan fingerprint density at radius 3 is 2.71 bits per heavy atom. The molecule has 0 amide bonds. The minimum atomic E-state index is 0.0115. The van der Waals surface area contributed by atoms with Gasteiger partial charge in [-0.25, -0.2) is 0 Å². The quantitative estimate of drug-likeness (QED) is 0.625. The van der Waals surface area contributed by atoms with Gasteiger partial charge in [-0.05, 0) is 46.5 Å². The number of hydrogen-bond donors (Lipinski definition) is 2. The molecule has 1 aromatic heterocycles. The maximum absolute atomic E-state index is 6.09. The third kappa shape index (κ3) is 3.48. The van der Waals surface area contributed by atoms with Crippen LogP contribution >= 0.6 is 27.5 Å². The van der Waals surface area contributed by atoms with Crippen LogP contribution in [0, 0.1) is 6.92 Å². The molecule has 4 nitrogen and oxygen atoms in total. The Labute approximate surface area is 138 Å². The van der Waals surface area contributed by atoms with Crippen LogP contribution < -0.4 is 11.3 Å². The lowest BCUT2D eigenvalue weighted by Crippen LogP contribution is -2.30. The SMILES string of the molecule is CCc1nn(C)c(CC(NN)c2ccc(Cl)c(C)c2)c1Br. The first-order valence-corrected chi connectivity index (χ1v) is 8.07. The zero-order valence-corrected chi connectivity index (χ0v) is 14.8. The summed E-state index contributed by atoms with van der Waals surface area (Å²) in [5, 5.41) is 5.29. The van der Waals surface area contributed by atoms with E-state index in [4.69, 9.17) is 17.4 Å². The van der Waals surface area contributed by atoms with E-state index >= 15 is 0 Å². The van der Waals surface area contributed by atoms with Gasteiger partial charge < -0.3 is 0 Å². The van der Waals surface area contributed by atoms with Gasteiger partial charge in [-0.15, -0.1) is 0 Å². The normalized spacial score (nSPS) is 12.7. The number of benzene rings is 1. The number of hydrazine groups is 1. The molecule has 21 heavy (non-hydrogen) atoms. The average molecular weight is 372 g/mol. The molecule has 0 aliphatic rings. The molecule has 0 aliphatic carbocycles. The van der Waals surface area contributed by atoms with E-state index in [0.717, 1.165) is 44.9 Å². The molecule has 0 radical (unpaired) electrons. The standard InChI is InChI=1S/C15H20BrClN4/c1-4-12-15(16)14(21(3)20-12)8-13(19-18)10-5-6-11(17)9(2)7-10/h5-7,13,19H,4,8,18H2,1-3H3. The lowest BCUT2D eigenvalue weighted by Gasteiger charge is -2.17. The summed E-state index contributed by atoms with van der Waals surface area (Å²) in [5.74, 6) is 5.75. The van der Waals surface area contributed by atoms with E-state index in [1.54, 1.807) is 0 Å². The minimum absolute atomic E-state index is 0.0115. The maximum Gasteiger partial charge on any atom is 0.0766 e. The molecule has 1 heterocycles. The molecule has 2 aromatic rings. The summed E-state index contributed by atoms with van der Waals surface area (Å²) < 4.78 is 2.98. The van der Waals surface area contributed by atoms with Crippen molar-refractivity contribution in [3.05, 3.63) is 50.2 Å². The molecule has 0 saturated heterocycles. The number of rotatable bonds is 5. The Hall–Kier alpha value is -0.880. The largest absolute Gasteiger partial charge is 0.271 e. The van der Waals surface area contributed by atoms with Crippen molar-refractivity contribution in [1.82, 2.24) is 15.2 Å². The van der Waals surface area contributed by atoms with Crippen LogP contribution in [0.4, 0.5) is 0 Å². The predicted octanol–water partition coefficient (Wildman–Crippen LogP) is 3.45. The molecule has 0 saturated carbocycles. The first-order chi connectivity index (χ1) is 9.97. The number of halogens is 2. The molecule has 0 bridgehead atoms. The molecular formula is C15H20BrClN4. The molecule has 0 spiro atoms. The van der Waals surface area contributed by atoms with Crippen molar-refractivity contribution in [1.29, 1.82) is 0 Å². The number of nitrogens with zero attached hydrogens (tertiary/aromatic N) is 2. The van der Waals surface area contributed by atoms with Crippen LogP contribution in [-0.4, -0.2) is 9.78 Å². The first kappa shape index (κ1) is 16.5. The Balaban J connectivity index is 2.31. The summed E-state index contributed by atoms with van der Waals surface area (Å²) >= 11 is 9.73. The lowest BCUT2D eigenvalue weighted by molar-refractivity contribution is 0.528. The fraction of sp³-hybridized carbons (Fsp3) is 0.400. The van der Waals surface area contributed by atoms with Crippen LogP contribution in [0.2, 0.25) is 5.02 Å². The highest BCUT2D eigenvalue weighted by Crippen LogP contribution is 2.28. The summed E-state index contributed by atoms with van der Waals surface area (Å²) in [4.78, 5) is 0. The summed E-state index contributed by atoms with van der Waals surface area (Å²) in [7, 11) is 1.96. The Morgan fingerprint density at radius 1 is 1.48 bits per heavy atom. The highest BCUT2D eigenvalue weighted by Gasteiger charge is 2.18. The van der Waals surface area contributed by atoms with Gasteiger partial charge in [0.2, 0.25) is 0 Å². The molecule has 1 aromatic carbocycles.